The van der Waals surface area contributed by atoms with Gasteiger partial charge in [0.2, 0.25) is 11.8 Å². The molecular weight excluding hydrogens is 728 g/mol. The molecule has 4 heterocycles. The molecule has 278 valence electrons. The maximum atomic E-state index is 15.3. The number of aliphatic hydroxyl groups is 1. The molecule has 12 heteroatoms. The standard InChI is InChI=1S/C40H49BrN4O7/c1-6-43(7-2)27-17-19-28(20-18-27)44-21-13-9-12-16-31(47)42-25(5)34(26-14-10-8-11-15-26)51-39(50)32-33-37(48)45(30(23-46)24(3)4)36(38(44)49)40(33)22-29(41)35(32)52-40/h8-11,13-15,17-20,22,24-25,30,32-36,46H,6-7,12,16,21,23H2,1-5H3,(H,42,47)/b13-9-/t25-,30+,32+,33-,34+,35+,36+,40-/m1/s1. The van der Waals surface area contributed by atoms with Gasteiger partial charge in [-0.15, -0.1) is 0 Å². The predicted molar refractivity (Wildman–Crippen MR) is 202 cm³/mol. The Kier molecular flexibility index (Phi) is 11.3. The Balaban J connectivity index is 1.49. The van der Waals surface area contributed by atoms with Crippen molar-refractivity contribution in [2.75, 3.05) is 36.0 Å². The third kappa shape index (κ3) is 6.69. The smallest absolute Gasteiger partial charge is 0.313 e. The summed E-state index contributed by atoms with van der Waals surface area (Å²) < 4.78 is 13.5. The van der Waals surface area contributed by atoms with Crippen molar-refractivity contribution in [3.05, 3.63) is 82.9 Å². The number of likely N-dealkylation sites (tertiary alicyclic amines) is 1. The van der Waals surface area contributed by atoms with Crippen molar-refractivity contribution in [2.45, 2.75) is 83.4 Å². The Morgan fingerprint density at radius 2 is 1.67 bits per heavy atom. The molecule has 4 aliphatic heterocycles. The number of esters is 1. The van der Waals surface area contributed by atoms with Crippen molar-refractivity contribution < 1.29 is 33.8 Å². The minimum atomic E-state index is -1.51. The zero-order chi connectivity index (χ0) is 37.3. The van der Waals surface area contributed by atoms with Crippen LogP contribution in [0.25, 0.3) is 0 Å². The summed E-state index contributed by atoms with van der Waals surface area (Å²) >= 11 is 3.63. The Labute approximate surface area is 314 Å². The SMILES string of the molecule is CCN(CC)c1ccc(N2C/C=C\CCC(=O)N[C@H](C)[C@@H](c3ccccc3)OC(=O)[C@@H]3[C@H]4O[C@@]5(C=C4Br)[C@H](C2=O)N([C@@H](CO)C(C)C)C(=O)[C@@H]35)cc1. The Morgan fingerprint density at radius 3 is 2.31 bits per heavy atom. The summed E-state index contributed by atoms with van der Waals surface area (Å²) in [4.78, 5) is 63.0. The van der Waals surface area contributed by atoms with E-state index in [2.05, 4.69) is 40.0 Å². The number of cyclic esters (lactones) is 1. The third-order valence-electron chi connectivity index (χ3n) is 10.9. The largest absolute Gasteiger partial charge is 0.455 e. The van der Waals surface area contributed by atoms with Crippen LogP contribution in [0.15, 0.2) is 77.3 Å². The molecule has 2 saturated heterocycles. The molecule has 1 spiro atoms. The number of amides is 3. The average molecular weight is 778 g/mol. The van der Waals surface area contributed by atoms with Gasteiger partial charge in [0.15, 0.2) is 0 Å². The first kappa shape index (κ1) is 37.7. The van der Waals surface area contributed by atoms with Gasteiger partial charge in [-0.05, 0) is 69.0 Å². The lowest BCUT2D eigenvalue weighted by Gasteiger charge is -2.40. The fourth-order valence-corrected chi connectivity index (χ4v) is 9.04. The second kappa shape index (κ2) is 15.5. The van der Waals surface area contributed by atoms with Gasteiger partial charge in [0.25, 0.3) is 5.91 Å². The minimum absolute atomic E-state index is 0.155. The van der Waals surface area contributed by atoms with Crippen LogP contribution in [0.3, 0.4) is 0 Å². The molecule has 0 saturated carbocycles. The number of rotatable bonds is 8. The van der Waals surface area contributed by atoms with Crippen molar-refractivity contribution in [3.8, 4) is 0 Å². The minimum Gasteiger partial charge on any atom is -0.455 e. The number of aliphatic hydroxyl groups excluding tert-OH is 1. The van der Waals surface area contributed by atoms with E-state index in [4.69, 9.17) is 9.47 Å². The molecule has 2 fully saturated rings. The highest BCUT2D eigenvalue weighted by molar-refractivity contribution is 9.11. The second-order valence-corrected chi connectivity index (χ2v) is 15.3. The predicted octanol–water partition coefficient (Wildman–Crippen LogP) is 4.90. The molecule has 4 aliphatic rings. The van der Waals surface area contributed by atoms with Crippen molar-refractivity contribution in [2.24, 2.45) is 17.8 Å². The van der Waals surface area contributed by atoms with Crippen LogP contribution in [0.5, 0.6) is 0 Å². The van der Waals surface area contributed by atoms with Crippen LogP contribution in [0.1, 0.15) is 59.1 Å². The summed E-state index contributed by atoms with van der Waals surface area (Å²) in [5.74, 6) is -4.13. The molecule has 0 aromatic heterocycles. The van der Waals surface area contributed by atoms with Crippen LogP contribution < -0.4 is 15.1 Å². The lowest BCUT2D eigenvalue weighted by atomic mass is 9.74. The number of allylic oxidation sites excluding steroid dienone is 1. The van der Waals surface area contributed by atoms with E-state index >= 15 is 4.79 Å². The lowest BCUT2D eigenvalue weighted by Crippen LogP contribution is -2.59. The average Bonchev–Trinajstić information content (AvgIpc) is 3.72. The first-order chi connectivity index (χ1) is 25.0. The van der Waals surface area contributed by atoms with Gasteiger partial charge in [0.1, 0.15) is 29.8 Å². The van der Waals surface area contributed by atoms with Crippen LogP contribution in [-0.4, -0.2) is 89.8 Å². The van der Waals surface area contributed by atoms with Gasteiger partial charge in [0, 0.05) is 41.9 Å². The van der Waals surface area contributed by atoms with Crippen molar-refractivity contribution in [3.63, 3.8) is 0 Å². The monoisotopic (exact) mass is 776 g/mol. The molecule has 52 heavy (non-hydrogen) atoms. The number of carbonyl (C=O) groups is 4. The molecule has 0 radical (unpaired) electrons. The first-order valence-corrected chi connectivity index (χ1v) is 19.1. The van der Waals surface area contributed by atoms with Gasteiger partial charge in [0.05, 0.1) is 24.6 Å². The quantitative estimate of drug-likeness (QED) is 0.287. The summed E-state index contributed by atoms with van der Waals surface area (Å²) in [5.41, 5.74) is 0.802. The van der Waals surface area contributed by atoms with Crippen molar-refractivity contribution in [1.29, 1.82) is 0 Å². The number of carbonyl (C=O) groups excluding carboxylic acids is 4. The van der Waals surface area contributed by atoms with E-state index in [9.17, 15) is 19.5 Å². The van der Waals surface area contributed by atoms with E-state index in [-0.39, 0.29) is 31.4 Å². The number of hydrogen-bond acceptors (Lipinski definition) is 8. The number of benzene rings is 2. The molecule has 6 rings (SSSR count). The van der Waals surface area contributed by atoms with E-state index < -0.39 is 65.6 Å². The third-order valence-corrected chi connectivity index (χ3v) is 11.6. The van der Waals surface area contributed by atoms with Crippen LogP contribution in [0, 0.1) is 17.8 Å². The number of halogens is 1. The summed E-state index contributed by atoms with van der Waals surface area (Å²) in [5, 5.41) is 13.7. The molecular formula is C40H49BrN4O7. The number of fused-ring (bicyclic) bond motifs is 2. The highest BCUT2D eigenvalue weighted by Gasteiger charge is 2.75. The molecule has 2 aromatic rings. The fraction of sp³-hybridized carbons (Fsp3) is 0.500. The lowest BCUT2D eigenvalue weighted by molar-refractivity contribution is -0.162. The van der Waals surface area contributed by atoms with Crippen LogP contribution in [-0.2, 0) is 28.7 Å². The fourth-order valence-electron chi connectivity index (χ4n) is 8.30. The molecule has 8 atom stereocenters. The Morgan fingerprint density at radius 1 is 0.981 bits per heavy atom. The summed E-state index contributed by atoms with van der Waals surface area (Å²) in [6, 6.07) is 14.4. The Bertz CT molecular complexity index is 1710. The Hall–Kier alpha value is -4.00. The zero-order valence-electron chi connectivity index (χ0n) is 30.4. The first-order valence-electron chi connectivity index (χ1n) is 18.3. The molecule has 11 nitrogen and oxygen atoms in total. The summed E-state index contributed by atoms with van der Waals surface area (Å²) in [6.45, 7) is 11.2. The maximum absolute atomic E-state index is 15.3. The maximum Gasteiger partial charge on any atom is 0.313 e. The molecule has 3 amide bonds. The number of hydrogen-bond donors (Lipinski definition) is 2. The van der Waals surface area contributed by atoms with Gasteiger partial charge >= 0.3 is 5.97 Å². The van der Waals surface area contributed by atoms with E-state index in [0.29, 0.717) is 22.2 Å². The molecule has 0 unspecified atom stereocenters. The van der Waals surface area contributed by atoms with Crippen LogP contribution >= 0.6 is 15.9 Å². The van der Waals surface area contributed by atoms with Gasteiger partial charge in [-0.25, -0.2) is 0 Å². The number of nitrogens with one attached hydrogen (secondary N) is 1. The number of ether oxygens (including phenoxy) is 2. The van der Waals surface area contributed by atoms with Crippen LogP contribution in [0.2, 0.25) is 0 Å². The van der Waals surface area contributed by atoms with Gasteiger partial charge < -0.3 is 34.6 Å². The highest BCUT2D eigenvalue weighted by atomic mass is 79.9. The van der Waals surface area contributed by atoms with Crippen LogP contribution in [0.4, 0.5) is 11.4 Å². The summed E-state index contributed by atoms with van der Waals surface area (Å²) in [7, 11) is 0. The van der Waals surface area contributed by atoms with E-state index in [1.807, 2.05) is 80.6 Å². The molecule has 2 N–H and O–H groups in total. The van der Waals surface area contributed by atoms with Gasteiger partial charge in [-0.2, -0.15) is 0 Å². The normalized spacial score (nSPS) is 30.6. The molecule has 0 aliphatic carbocycles. The van der Waals surface area contributed by atoms with E-state index in [1.165, 1.54) is 4.90 Å². The van der Waals surface area contributed by atoms with E-state index in [1.54, 1.807) is 17.9 Å². The summed E-state index contributed by atoms with van der Waals surface area (Å²) in [6.07, 6.45) is 4.38. The highest BCUT2D eigenvalue weighted by Crippen LogP contribution is 2.59. The van der Waals surface area contributed by atoms with E-state index in [0.717, 1.165) is 18.8 Å². The van der Waals surface area contributed by atoms with Crippen molar-refractivity contribution in [1.82, 2.24) is 10.2 Å². The molecule has 5 bridgehead atoms. The van der Waals surface area contributed by atoms with Gasteiger partial charge in [-0.3, -0.25) is 19.2 Å². The number of anilines is 2. The number of nitrogens with zero attached hydrogens (tertiary/aromatic N) is 3. The van der Waals surface area contributed by atoms with Gasteiger partial charge in [-0.1, -0.05) is 72.3 Å². The zero-order valence-corrected chi connectivity index (χ0v) is 32.0. The second-order valence-electron chi connectivity index (χ2n) is 14.3. The topological polar surface area (TPSA) is 129 Å². The molecule has 2 aromatic carbocycles. The van der Waals surface area contributed by atoms with Crippen molar-refractivity contribution >= 4 is 51.0 Å².